The fourth-order valence-corrected chi connectivity index (χ4v) is 4.72. The first-order valence-corrected chi connectivity index (χ1v) is 10.5. The summed E-state index contributed by atoms with van der Waals surface area (Å²) in [6, 6.07) is 7.56. The van der Waals surface area contributed by atoms with E-state index in [1.165, 1.54) is 23.4 Å². The molecule has 7 heteroatoms. The monoisotopic (exact) mass is 351 g/mol. The van der Waals surface area contributed by atoms with E-state index in [4.69, 9.17) is 4.98 Å². The minimum atomic E-state index is -3.24. The Labute approximate surface area is 141 Å². The van der Waals surface area contributed by atoms with Crippen molar-refractivity contribution in [1.82, 2.24) is 4.98 Å². The van der Waals surface area contributed by atoms with Crippen LogP contribution in [0.25, 0.3) is 11.3 Å². The Hall–Kier alpha value is -1.60. The highest BCUT2D eigenvalue weighted by Crippen LogP contribution is 2.30. The Morgan fingerprint density at radius 3 is 2.43 bits per heavy atom. The first kappa shape index (κ1) is 16.3. The number of hydrogen-bond acceptors (Lipinski definition) is 5. The highest BCUT2D eigenvalue weighted by Gasteiger charge is 2.17. The maximum Gasteiger partial charge on any atom is 0.232 e. The van der Waals surface area contributed by atoms with Gasteiger partial charge in [-0.15, -0.1) is 11.3 Å². The summed E-state index contributed by atoms with van der Waals surface area (Å²) in [6.07, 6.45) is 3.71. The van der Waals surface area contributed by atoms with Gasteiger partial charge in [0.25, 0.3) is 0 Å². The zero-order valence-electron chi connectivity index (χ0n) is 13.4. The van der Waals surface area contributed by atoms with Crippen molar-refractivity contribution in [2.75, 3.05) is 35.1 Å². The van der Waals surface area contributed by atoms with E-state index in [2.05, 4.69) is 10.3 Å². The molecule has 0 aliphatic carbocycles. The standard InChI is InChI=1S/C16H21N3O2S2/c1-3-19(23(2,20)21)14-8-6-13(7-9-14)15-12-22-16(17-15)18-10-4-5-11-18/h6-9,12H,3-5,10-11H2,1-2H3. The van der Waals surface area contributed by atoms with Crippen LogP contribution in [0, 0.1) is 0 Å². The van der Waals surface area contributed by atoms with E-state index in [1.807, 2.05) is 31.2 Å². The Morgan fingerprint density at radius 2 is 1.87 bits per heavy atom. The SMILES string of the molecule is CCN(c1ccc(-c2csc(N3CCCC3)n2)cc1)S(C)(=O)=O. The van der Waals surface area contributed by atoms with E-state index in [9.17, 15) is 8.42 Å². The number of rotatable bonds is 5. The maximum atomic E-state index is 11.8. The third kappa shape index (κ3) is 3.50. The van der Waals surface area contributed by atoms with Crippen molar-refractivity contribution in [3.8, 4) is 11.3 Å². The van der Waals surface area contributed by atoms with Crippen LogP contribution in [0.15, 0.2) is 29.6 Å². The topological polar surface area (TPSA) is 53.5 Å². The lowest BCUT2D eigenvalue weighted by Crippen LogP contribution is -2.29. The van der Waals surface area contributed by atoms with Crippen molar-refractivity contribution in [2.24, 2.45) is 0 Å². The lowest BCUT2D eigenvalue weighted by atomic mass is 10.1. The van der Waals surface area contributed by atoms with Gasteiger partial charge in [-0.05, 0) is 31.9 Å². The molecule has 2 heterocycles. The van der Waals surface area contributed by atoms with Crippen LogP contribution < -0.4 is 9.21 Å². The van der Waals surface area contributed by atoms with Gasteiger partial charge in [0.15, 0.2) is 5.13 Å². The summed E-state index contributed by atoms with van der Waals surface area (Å²) < 4.78 is 25.0. The van der Waals surface area contributed by atoms with Crippen LogP contribution in [0.3, 0.4) is 0 Å². The first-order chi connectivity index (χ1) is 11.0. The van der Waals surface area contributed by atoms with Crippen LogP contribution in [0.1, 0.15) is 19.8 Å². The molecule has 0 bridgehead atoms. The van der Waals surface area contributed by atoms with E-state index < -0.39 is 10.0 Å². The molecule has 1 aromatic carbocycles. The predicted octanol–water partition coefficient (Wildman–Crippen LogP) is 3.20. The van der Waals surface area contributed by atoms with Crippen LogP contribution in [0.5, 0.6) is 0 Å². The molecule has 0 saturated carbocycles. The Balaban J connectivity index is 1.82. The number of hydrogen-bond donors (Lipinski definition) is 0. The summed E-state index contributed by atoms with van der Waals surface area (Å²) in [5, 5.41) is 3.14. The van der Waals surface area contributed by atoms with Gasteiger partial charge in [-0.25, -0.2) is 13.4 Å². The minimum Gasteiger partial charge on any atom is -0.348 e. The smallest absolute Gasteiger partial charge is 0.232 e. The highest BCUT2D eigenvalue weighted by atomic mass is 32.2. The van der Waals surface area contributed by atoms with Crippen molar-refractivity contribution in [2.45, 2.75) is 19.8 Å². The van der Waals surface area contributed by atoms with Gasteiger partial charge in [0.1, 0.15) is 0 Å². The van der Waals surface area contributed by atoms with Crippen molar-refractivity contribution < 1.29 is 8.42 Å². The summed E-state index contributed by atoms with van der Waals surface area (Å²) in [5.74, 6) is 0. The Kier molecular flexibility index (Phi) is 4.59. The van der Waals surface area contributed by atoms with E-state index >= 15 is 0 Å². The van der Waals surface area contributed by atoms with Gasteiger partial charge < -0.3 is 4.90 Å². The number of thiazole rings is 1. The van der Waals surface area contributed by atoms with Gasteiger partial charge >= 0.3 is 0 Å². The van der Waals surface area contributed by atoms with Crippen molar-refractivity contribution in [1.29, 1.82) is 0 Å². The number of anilines is 2. The minimum absolute atomic E-state index is 0.425. The van der Waals surface area contributed by atoms with Gasteiger partial charge in [-0.1, -0.05) is 12.1 Å². The number of benzene rings is 1. The summed E-state index contributed by atoms with van der Waals surface area (Å²) in [7, 11) is -3.24. The van der Waals surface area contributed by atoms with Crippen LogP contribution >= 0.6 is 11.3 Å². The molecule has 0 spiro atoms. The van der Waals surface area contributed by atoms with Crippen LogP contribution in [-0.2, 0) is 10.0 Å². The Bertz CT molecular complexity index is 763. The molecule has 0 unspecified atom stereocenters. The third-order valence-corrected chi connectivity index (χ3v) is 6.18. The lowest BCUT2D eigenvalue weighted by molar-refractivity contribution is 0.598. The zero-order chi connectivity index (χ0) is 16.4. The second kappa shape index (κ2) is 6.49. The van der Waals surface area contributed by atoms with Crippen molar-refractivity contribution >= 4 is 32.2 Å². The van der Waals surface area contributed by atoms with Crippen LogP contribution in [-0.4, -0.2) is 39.3 Å². The largest absolute Gasteiger partial charge is 0.348 e. The van der Waals surface area contributed by atoms with Gasteiger partial charge in [0, 0.05) is 30.6 Å². The molecule has 0 radical (unpaired) electrons. The fourth-order valence-electron chi connectivity index (χ4n) is 2.86. The van der Waals surface area contributed by atoms with E-state index in [1.54, 1.807) is 11.3 Å². The first-order valence-electron chi connectivity index (χ1n) is 7.77. The molecule has 1 aromatic heterocycles. The van der Waals surface area contributed by atoms with Crippen molar-refractivity contribution in [3.63, 3.8) is 0 Å². The Morgan fingerprint density at radius 1 is 1.22 bits per heavy atom. The van der Waals surface area contributed by atoms with E-state index in [0.29, 0.717) is 12.2 Å². The van der Waals surface area contributed by atoms with Gasteiger partial charge in [0.2, 0.25) is 10.0 Å². The molecule has 1 aliphatic heterocycles. The molecule has 0 atom stereocenters. The summed E-state index contributed by atoms with van der Waals surface area (Å²) in [6.45, 7) is 4.43. The summed E-state index contributed by atoms with van der Waals surface area (Å²) >= 11 is 1.67. The average Bonchev–Trinajstić information content (AvgIpc) is 3.18. The molecule has 5 nitrogen and oxygen atoms in total. The predicted molar refractivity (Wildman–Crippen MR) is 96.9 cm³/mol. The molecule has 2 aromatic rings. The zero-order valence-corrected chi connectivity index (χ0v) is 15.0. The van der Waals surface area contributed by atoms with Crippen molar-refractivity contribution in [3.05, 3.63) is 29.6 Å². The second-order valence-electron chi connectivity index (χ2n) is 5.68. The molecule has 0 amide bonds. The van der Waals surface area contributed by atoms with E-state index in [0.717, 1.165) is 29.5 Å². The lowest BCUT2D eigenvalue weighted by Gasteiger charge is -2.20. The second-order valence-corrected chi connectivity index (χ2v) is 8.43. The van der Waals surface area contributed by atoms with Gasteiger partial charge in [0.05, 0.1) is 17.6 Å². The van der Waals surface area contributed by atoms with E-state index in [-0.39, 0.29) is 0 Å². The molecule has 1 saturated heterocycles. The highest BCUT2D eigenvalue weighted by molar-refractivity contribution is 7.92. The molecular formula is C16H21N3O2S2. The molecule has 1 aliphatic rings. The maximum absolute atomic E-state index is 11.8. The summed E-state index contributed by atoms with van der Waals surface area (Å²) in [5.41, 5.74) is 2.65. The summed E-state index contributed by atoms with van der Waals surface area (Å²) in [4.78, 5) is 7.04. The number of aromatic nitrogens is 1. The van der Waals surface area contributed by atoms with Gasteiger partial charge in [-0.2, -0.15) is 0 Å². The fraction of sp³-hybridized carbons (Fsp3) is 0.438. The molecule has 0 N–H and O–H groups in total. The van der Waals surface area contributed by atoms with Crippen LogP contribution in [0.4, 0.5) is 10.8 Å². The molecular weight excluding hydrogens is 330 g/mol. The van der Waals surface area contributed by atoms with Gasteiger partial charge in [-0.3, -0.25) is 4.31 Å². The molecule has 1 fully saturated rings. The molecule has 124 valence electrons. The normalized spacial score (nSPS) is 15.1. The quantitative estimate of drug-likeness (QED) is 0.830. The average molecular weight is 351 g/mol. The number of nitrogens with zero attached hydrogens (tertiary/aromatic N) is 3. The van der Waals surface area contributed by atoms with Crippen LogP contribution in [0.2, 0.25) is 0 Å². The number of sulfonamides is 1. The third-order valence-electron chi connectivity index (χ3n) is 4.01. The molecule has 3 rings (SSSR count). The molecule has 23 heavy (non-hydrogen) atoms.